The number of amides is 1. The zero-order valence-corrected chi connectivity index (χ0v) is 14.5. The Kier molecular flexibility index (Phi) is 4.95. The van der Waals surface area contributed by atoms with Crippen molar-refractivity contribution in [1.29, 1.82) is 0 Å². The van der Waals surface area contributed by atoms with Gasteiger partial charge >= 0.3 is 0 Å². The molecule has 1 amide bonds. The molecule has 6 heteroatoms. The van der Waals surface area contributed by atoms with Crippen LogP contribution in [0.2, 0.25) is 5.02 Å². The molecule has 128 valence electrons. The van der Waals surface area contributed by atoms with E-state index in [9.17, 15) is 4.79 Å². The Morgan fingerprint density at radius 3 is 2.44 bits per heavy atom. The summed E-state index contributed by atoms with van der Waals surface area (Å²) in [4.78, 5) is 12.4. The number of carbonyl (C=O) groups excluding carboxylic acids is 1. The highest BCUT2D eigenvalue weighted by Crippen LogP contribution is 2.33. The van der Waals surface area contributed by atoms with Gasteiger partial charge in [0.1, 0.15) is 17.3 Å². The second kappa shape index (κ2) is 7.32. The Balaban J connectivity index is 1.84. The number of halogens is 1. The zero-order valence-electron chi connectivity index (χ0n) is 13.7. The number of ether oxygens (including phenoxy) is 2. The van der Waals surface area contributed by atoms with Gasteiger partial charge < -0.3 is 19.2 Å². The van der Waals surface area contributed by atoms with Crippen LogP contribution in [0.25, 0.3) is 0 Å². The molecule has 0 fully saturated rings. The molecule has 1 heterocycles. The molecule has 0 saturated heterocycles. The van der Waals surface area contributed by atoms with Gasteiger partial charge in [-0.15, -0.1) is 0 Å². The topological polar surface area (TPSA) is 60.7 Å². The number of methoxy groups -OCH3 is 1. The quantitative estimate of drug-likeness (QED) is 0.673. The fourth-order valence-corrected chi connectivity index (χ4v) is 2.44. The van der Waals surface area contributed by atoms with E-state index in [1.807, 2.05) is 0 Å². The molecule has 0 radical (unpaired) electrons. The lowest BCUT2D eigenvalue weighted by Crippen LogP contribution is -2.12. The summed E-state index contributed by atoms with van der Waals surface area (Å²) in [7, 11) is 1.60. The first-order valence-electron chi connectivity index (χ1n) is 7.53. The molecular weight excluding hydrogens is 342 g/mol. The van der Waals surface area contributed by atoms with Crippen LogP contribution in [0.4, 0.5) is 5.69 Å². The fourth-order valence-electron chi connectivity index (χ4n) is 2.27. The fraction of sp³-hybridized carbons (Fsp3) is 0.105. The summed E-state index contributed by atoms with van der Waals surface area (Å²) in [5, 5.41) is 3.29. The van der Waals surface area contributed by atoms with Crippen LogP contribution >= 0.6 is 11.6 Å². The van der Waals surface area contributed by atoms with Crippen LogP contribution in [-0.4, -0.2) is 13.0 Å². The van der Waals surface area contributed by atoms with E-state index in [4.69, 9.17) is 25.5 Å². The number of nitrogens with one attached hydrogen (secondary N) is 1. The van der Waals surface area contributed by atoms with E-state index in [1.165, 1.54) is 6.26 Å². The molecule has 0 atom stereocenters. The van der Waals surface area contributed by atoms with Crippen molar-refractivity contribution in [3.05, 3.63) is 71.1 Å². The minimum Gasteiger partial charge on any atom is -0.497 e. The normalized spacial score (nSPS) is 10.4. The van der Waals surface area contributed by atoms with Crippen LogP contribution < -0.4 is 14.8 Å². The molecule has 2 aromatic carbocycles. The van der Waals surface area contributed by atoms with Crippen molar-refractivity contribution in [2.24, 2.45) is 0 Å². The van der Waals surface area contributed by atoms with Crippen molar-refractivity contribution in [3.63, 3.8) is 0 Å². The van der Waals surface area contributed by atoms with Gasteiger partial charge in [-0.25, -0.2) is 0 Å². The first kappa shape index (κ1) is 16.9. The van der Waals surface area contributed by atoms with Crippen molar-refractivity contribution in [3.8, 4) is 17.2 Å². The lowest BCUT2D eigenvalue weighted by molar-refractivity contribution is 0.102. The second-order valence-corrected chi connectivity index (χ2v) is 5.70. The van der Waals surface area contributed by atoms with E-state index in [0.29, 0.717) is 33.5 Å². The van der Waals surface area contributed by atoms with Gasteiger partial charge in [-0.2, -0.15) is 0 Å². The lowest BCUT2D eigenvalue weighted by Gasteiger charge is -2.13. The maximum Gasteiger partial charge on any atom is 0.259 e. The Labute approximate surface area is 150 Å². The van der Waals surface area contributed by atoms with E-state index in [-0.39, 0.29) is 5.91 Å². The number of furan rings is 1. The molecule has 5 nitrogen and oxygen atoms in total. The molecule has 0 aliphatic heterocycles. The van der Waals surface area contributed by atoms with Crippen molar-refractivity contribution in [1.82, 2.24) is 0 Å². The van der Waals surface area contributed by atoms with Gasteiger partial charge in [-0.3, -0.25) is 4.79 Å². The third-order valence-electron chi connectivity index (χ3n) is 3.58. The molecule has 1 aromatic heterocycles. The Morgan fingerprint density at radius 1 is 1.08 bits per heavy atom. The standard InChI is InChI=1S/C19H16ClNO4/c1-12-16(9-10-24-12)19(22)21-17-11-13(20)3-8-18(17)25-15-6-4-14(23-2)5-7-15/h3-11H,1-2H3,(H,21,22). The van der Waals surface area contributed by atoms with E-state index in [2.05, 4.69) is 5.32 Å². The molecule has 0 bridgehead atoms. The summed E-state index contributed by atoms with van der Waals surface area (Å²) in [6.45, 7) is 1.72. The van der Waals surface area contributed by atoms with E-state index >= 15 is 0 Å². The van der Waals surface area contributed by atoms with Gasteiger partial charge in [-0.1, -0.05) is 11.6 Å². The summed E-state index contributed by atoms with van der Waals surface area (Å²) < 4.78 is 16.2. The minimum atomic E-state index is -0.298. The highest BCUT2D eigenvalue weighted by atomic mass is 35.5. The van der Waals surface area contributed by atoms with Crippen LogP contribution in [-0.2, 0) is 0 Å². The SMILES string of the molecule is COc1ccc(Oc2ccc(Cl)cc2NC(=O)c2ccoc2C)cc1. The number of hydrogen-bond acceptors (Lipinski definition) is 4. The summed E-state index contributed by atoms with van der Waals surface area (Å²) in [5.74, 6) is 2.06. The number of aryl methyl sites for hydroxylation is 1. The van der Waals surface area contributed by atoms with Crippen molar-refractivity contribution in [2.45, 2.75) is 6.92 Å². The zero-order chi connectivity index (χ0) is 17.8. The third-order valence-corrected chi connectivity index (χ3v) is 3.82. The van der Waals surface area contributed by atoms with Crippen LogP contribution in [0.15, 0.2) is 59.2 Å². The van der Waals surface area contributed by atoms with Gasteiger partial charge in [0.25, 0.3) is 5.91 Å². The number of carbonyl (C=O) groups is 1. The van der Waals surface area contributed by atoms with E-state index in [1.54, 1.807) is 62.6 Å². The highest BCUT2D eigenvalue weighted by molar-refractivity contribution is 6.31. The second-order valence-electron chi connectivity index (χ2n) is 5.26. The molecule has 0 spiro atoms. The van der Waals surface area contributed by atoms with Crippen LogP contribution in [0.5, 0.6) is 17.2 Å². The molecule has 3 aromatic rings. The maximum atomic E-state index is 12.4. The van der Waals surface area contributed by atoms with Crippen molar-refractivity contribution in [2.75, 3.05) is 12.4 Å². The summed E-state index contributed by atoms with van der Waals surface area (Å²) in [6.07, 6.45) is 1.47. The molecule has 0 aliphatic carbocycles. The summed E-state index contributed by atoms with van der Waals surface area (Å²) in [5.41, 5.74) is 0.921. The average molecular weight is 358 g/mol. The Bertz CT molecular complexity index is 887. The van der Waals surface area contributed by atoms with Crippen molar-refractivity contribution >= 4 is 23.2 Å². The summed E-state index contributed by atoms with van der Waals surface area (Å²) in [6, 6.07) is 13.8. The first-order chi connectivity index (χ1) is 12.1. The predicted octanol–water partition coefficient (Wildman–Crippen LogP) is 5.29. The lowest BCUT2D eigenvalue weighted by atomic mass is 10.2. The average Bonchev–Trinajstić information content (AvgIpc) is 3.04. The number of rotatable bonds is 5. The Morgan fingerprint density at radius 2 is 1.80 bits per heavy atom. The predicted molar refractivity (Wildman–Crippen MR) is 95.9 cm³/mol. The largest absolute Gasteiger partial charge is 0.497 e. The molecule has 0 unspecified atom stereocenters. The van der Waals surface area contributed by atoms with Crippen LogP contribution in [0, 0.1) is 6.92 Å². The minimum absolute atomic E-state index is 0.298. The van der Waals surface area contributed by atoms with Crippen LogP contribution in [0.3, 0.4) is 0 Å². The van der Waals surface area contributed by atoms with Gasteiger partial charge in [0.2, 0.25) is 0 Å². The van der Waals surface area contributed by atoms with Gasteiger partial charge in [0.15, 0.2) is 5.75 Å². The monoisotopic (exact) mass is 357 g/mol. The van der Waals surface area contributed by atoms with Crippen molar-refractivity contribution < 1.29 is 18.7 Å². The molecular formula is C19H16ClNO4. The van der Waals surface area contributed by atoms with Gasteiger partial charge in [0.05, 0.1) is 24.6 Å². The molecule has 25 heavy (non-hydrogen) atoms. The number of anilines is 1. The first-order valence-corrected chi connectivity index (χ1v) is 7.91. The van der Waals surface area contributed by atoms with E-state index in [0.717, 1.165) is 5.75 Å². The number of benzene rings is 2. The Hall–Kier alpha value is -2.92. The molecule has 0 aliphatic rings. The maximum absolute atomic E-state index is 12.4. The molecule has 1 N–H and O–H groups in total. The smallest absolute Gasteiger partial charge is 0.259 e. The summed E-state index contributed by atoms with van der Waals surface area (Å²) >= 11 is 6.06. The molecule has 3 rings (SSSR count). The van der Waals surface area contributed by atoms with Crippen LogP contribution in [0.1, 0.15) is 16.1 Å². The van der Waals surface area contributed by atoms with E-state index < -0.39 is 0 Å². The highest BCUT2D eigenvalue weighted by Gasteiger charge is 2.15. The third kappa shape index (κ3) is 3.95. The van der Waals surface area contributed by atoms with Gasteiger partial charge in [-0.05, 0) is 55.5 Å². The van der Waals surface area contributed by atoms with Gasteiger partial charge in [0, 0.05) is 5.02 Å². The number of hydrogen-bond donors (Lipinski definition) is 1. The molecule has 0 saturated carbocycles.